The number of ether oxygens (including phenoxy) is 3. The summed E-state index contributed by atoms with van der Waals surface area (Å²) < 4.78 is 17.9. The van der Waals surface area contributed by atoms with E-state index in [0.29, 0.717) is 13.1 Å². The second-order valence-electron chi connectivity index (χ2n) is 11.3. The highest BCUT2D eigenvalue weighted by Gasteiger charge is 2.27. The third-order valence-electron chi connectivity index (χ3n) is 8.78. The fourth-order valence-electron chi connectivity index (χ4n) is 6.59. The number of methoxy groups -OCH3 is 2. The van der Waals surface area contributed by atoms with Crippen LogP contribution in [0, 0.1) is 13.8 Å². The van der Waals surface area contributed by atoms with Gasteiger partial charge in [-0.15, -0.1) is 0 Å². The van der Waals surface area contributed by atoms with E-state index < -0.39 is 0 Å². The van der Waals surface area contributed by atoms with Crippen LogP contribution < -0.4 is 14.4 Å². The van der Waals surface area contributed by atoms with Gasteiger partial charge in [-0.25, -0.2) is 0 Å². The maximum atomic E-state index is 13.6. The van der Waals surface area contributed by atoms with Crippen LogP contribution >= 0.6 is 0 Å². The van der Waals surface area contributed by atoms with Gasteiger partial charge in [-0.3, -0.25) is 9.59 Å². The molecule has 8 heteroatoms. The van der Waals surface area contributed by atoms with Crippen molar-refractivity contribution in [2.75, 3.05) is 51.9 Å². The number of aryl methyl sites for hydroxylation is 1. The molecule has 0 radical (unpaired) electrons. The number of amides is 1. The Balaban J connectivity index is 0.000000743. The average Bonchev–Trinajstić information content (AvgIpc) is 3.20. The number of rotatable bonds is 7. The van der Waals surface area contributed by atoms with Gasteiger partial charge in [-0.1, -0.05) is 30.3 Å². The van der Waals surface area contributed by atoms with Crippen molar-refractivity contribution >= 4 is 18.1 Å². The molecule has 1 amide bonds. The monoisotopic (exact) mass is 609 g/mol. The lowest BCUT2D eigenvalue weighted by atomic mass is 9.94. The molecule has 0 N–H and O–H groups in total. The second-order valence-corrected chi connectivity index (χ2v) is 11.3. The van der Waals surface area contributed by atoms with Crippen LogP contribution in [0.5, 0.6) is 11.5 Å². The van der Waals surface area contributed by atoms with Gasteiger partial charge in [0, 0.05) is 60.8 Å². The number of nitrogens with zero attached hydrogens (tertiary/aromatic N) is 3. The standard InChI is InChI=1S/C34H37N3O3.C3H6O2/c1-23-32(24(2)37-15-9-12-25-21-30(39-3)31(40-4)22-29(25)33(23)37)26-10-8-11-27(20-26)34(38)36-18-16-35(17-19-36)28-13-6-5-7-14-28;1-2-5-3-4/h5-8,10-11,13-14,20-22H,9,12,15-19H2,1-4H3;3H,2H2,1H3. The van der Waals surface area contributed by atoms with Crippen molar-refractivity contribution < 1.29 is 23.8 Å². The van der Waals surface area contributed by atoms with Gasteiger partial charge in [0.05, 0.1) is 26.5 Å². The zero-order valence-corrected chi connectivity index (χ0v) is 27.0. The molecule has 1 fully saturated rings. The molecule has 6 rings (SSSR count). The van der Waals surface area contributed by atoms with E-state index in [-0.39, 0.29) is 5.91 Å². The Labute approximate surface area is 266 Å². The predicted octanol–water partition coefficient (Wildman–Crippen LogP) is 6.54. The minimum atomic E-state index is 0.104. The Bertz CT molecular complexity index is 1640. The first kappa shape index (κ1) is 31.7. The van der Waals surface area contributed by atoms with Crippen LogP contribution in [0.15, 0.2) is 66.7 Å². The number of piperazine rings is 1. The first-order valence-electron chi connectivity index (χ1n) is 15.6. The van der Waals surface area contributed by atoms with Gasteiger partial charge in [0.15, 0.2) is 11.5 Å². The molecule has 4 aromatic rings. The van der Waals surface area contributed by atoms with E-state index >= 15 is 0 Å². The number of fused-ring (bicyclic) bond motifs is 3. The highest BCUT2D eigenvalue weighted by Crippen LogP contribution is 2.44. The third-order valence-corrected chi connectivity index (χ3v) is 8.78. The molecular weight excluding hydrogens is 566 g/mol. The fraction of sp³-hybridized carbons (Fsp3) is 0.351. The molecule has 0 atom stereocenters. The summed E-state index contributed by atoms with van der Waals surface area (Å²) in [5, 5.41) is 0. The van der Waals surface area contributed by atoms with E-state index in [1.54, 1.807) is 21.1 Å². The summed E-state index contributed by atoms with van der Waals surface area (Å²) in [4.78, 5) is 27.1. The molecule has 1 aromatic heterocycles. The maximum Gasteiger partial charge on any atom is 0.293 e. The van der Waals surface area contributed by atoms with E-state index in [1.165, 1.54) is 39.3 Å². The summed E-state index contributed by atoms with van der Waals surface area (Å²) in [6, 6.07) is 22.9. The Morgan fingerprint density at radius 3 is 2.22 bits per heavy atom. The second kappa shape index (κ2) is 14.4. The lowest BCUT2D eigenvalue weighted by Gasteiger charge is -2.36. The van der Waals surface area contributed by atoms with E-state index in [2.05, 4.69) is 76.6 Å². The summed E-state index contributed by atoms with van der Waals surface area (Å²) in [6.07, 6.45) is 2.05. The summed E-state index contributed by atoms with van der Waals surface area (Å²) in [7, 11) is 3.38. The van der Waals surface area contributed by atoms with E-state index in [9.17, 15) is 9.59 Å². The van der Waals surface area contributed by atoms with Crippen LogP contribution in [0.1, 0.15) is 40.5 Å². The minimum Gasteiger partial charge on any atom is -0.493 e. The molecule has 0 aliphatic carbocycles. The highest BCUT2D eigenvalue weighted by atomic mass is 16.5. The van der Waals surface area contributed by atoms with Gasteiger partial charge >= 0.3 is 0 Å². The molecule has 3 heterocycles. The average molecular weight is 610 g/mol. The zero-order valence-electron chi connectivity index (χ0n) is 27.0. The normalized spacial score (nSPS) is 13.9. The van der Waals surface area contributed by atoms with Crippen molar-refractivity contribution in [2.24, 2.45) is 0 Å². The van der Waals surface area contributed by atoms with Crippen LogP contribution in [0.3, 0.4) is 0 Å². The number of benzene rings is 3. The lowest BCUT2D eigenvalue weighted by molar-refractivity contribution is -0.128. The number of hydrogen-bond donors (Lipinski definition) is 0. The Morgan fingerprint density at radius 1 is 0.867 bits per heavy atom. The van der Waals surface area contributed by atoms with Gasteiger partial charge in [0.1, 0.15) is 0 Å². The number of anilines is 1. The number of carbonyl (C=O) groups excluding carboxylic acids is 2. The van der Waals surface area contributed by atoms with Gasteiger partial charge in [0.2, 0.25) is 0 Å². The van der Waals surface area contributed by atoms with Crippen LogP contribution in [0.2, 0.25) is 0 Å². The molecular formula is C37H43N3O5. The molecule has 45 heavy (non-hydrogen) atoms. The zero-order chi connectivity index (χ0) is 31.9. The molecule has 0 spiro atoms. The van der Waals surface area contributed by atoms with Crippen molar-refractivity contribution in [1.82, 2.24) is 9.47 Å². The SMILES string of the molecule is CCOC=O.COc1cc2c(cc1OC)-c1c(C)c(-c3cccc(C(=O)N4CCN(c5ccccc5)CC4)c3)c(C)n1CCC2. The molecule has 0 saturated carbocycles. The Kier molecular flexibility index (Phi) is 10.1. The molecule has 1 saturated heterocycles. The Hall–Kier alpha value is -4.72. The maximum absolute atomic E-state index is 13.6. The van der Waals surface area contributed by atoms with Gasteiger partial charge in [-0.05, 0) is 86.7 Å². The van der Waals surface area contributed by atoms with Crippen LogP contribution in [-0.4, -0.2) is 68.9 Å². The molecule has 2 aliphatic rings. The number of hydrogen-bond acceptors (Lipinski definition) is 6. The van der Waals surface area contributed by atoms with Crippen molar-refractivity contribution in [2.45, 2.75) is 40.2 Å². The van der Waals surface area contributed by atoms with E-state index in [1.807, 2.05) is 23.1 Å². The summed E-state index contributed by atoms with van der Waals surface area (Å²) in [6.45, 7) is 11.1. The van der Waals surface area contributed by atoms with Crippen molar-refractivity contribution in [3.05, 3.63) is 89.1 Å². The summed E-state index contributed by atoms with van der Waals surface area (Å²) in [5.41, 5.74) is 10.4. The lowest BCUT2D eigenvalue weighted by Crippen LogP contribution is -2.48. The smallest absolute Gasteiger partial charge is 0.293 e. The van der Waals surface area contributed by atoms with E-state index in [4.69, 9.17) is 9.47 Å². The number of aromatic nitrogens is 1. The molecule has 2 aliphatic heterocycles. The number of para-hydroxylation sites is 1. The molecule has 236 valence electrons. The summed E-state index contributed by atoms with van der Waals surface area (Å²) >= 11 is 0. The molecule has 8 nitrogen and oxygen atoms in total. The van der Waals surface area contributed by atoms with E-state index in [0.717, 1.165) is 68.2 Å². The van der Waals surface area contributed by atoms with Crippen LogP contribution in [0.25, 0.3) is 22.4 Å². The Morgan fingerprint density at radius 2 is 1.58 bits per heavy atom. The highest BCUT2D eigenvalue weighted by molar-refractivity contribution is 5.96. The third kappa shape index (κ3) is 6.55. The predicted molar refractivity (Wildman–Crippen MR) is 178 cm³/mol. The van der Waals surface area contributed by atoms with Gasteiger partial charge in [-0.2, -0.15) is 0 Å². The summed E-state index contributed by atoms with van der Waals surface area (Å²) in [5.74, 6) is 1.62. The topological polar surface area (TPSA) is 73.2 Å². The van der Waals surface area contributed by atoms with Crippen molar-refractivity contribution in [3.63, 3.8) is 0 Å². The first-order valence-corrected chi connectivity index (χ1v) is 15.6. The number of carbonyl (C=O) groups is 2. The minimum absolute atomic E-state index is 0.104. The van der Waals surface area contributed by atoms with Crippen LogP contribution in [0.4, 0.5) is 5.69 Å². The largest absolute Gasteiger partial charge is 0.493 e. The quantitative estimate of drug-likeness (QED) is 0.222. The van der Waals surface area contributed by atoms with Crippen molar-refractivity contribution in [1.29, 1.82) is 0 Å². The molecule has 0 bridgehead atoms. The van der Waals surface area contributed by atoms with Crippen molar-refractivity contribution in [3.8, 4) is 33.9 Å². The van der Waals surface area contributed by atoms with Gasteiger partial charge in [0.25, 0.3) is 12.4 Å². The molecule has 0 unspecified atom stereocenters. The fourth-order valence-corrected chi connectivity index (χ4v) is 6.59. The van der Waals surface area contributed by atoms with Crippen LogP contribution in [-0.2, 0) is 22.5 Å². The van der Waals surface area contributed by atoms with Gasteiger partial charge < -0.3 is 28.6 Å². The molecule has 3 aromatic carbocycles. The first-order chi connectivity index (χ1) is 21.9.